The fourth-order valence-electron chi connectivity index (χ4n) is 2.73. The molecule has 1 aliphatic rings. The minimum Gasteiger partial charge on any atom is -0.198 e. The highest BCUT2D eigenvalue weighted by atomic mass is 79.9. The van der Waals surface area contributed by atoms with E-state index < -0.39 is 0 Å². The Kier molecular flexibility index (Phi) is 3.82. The molecule has 1 aliphatic carbocycles. The van der Waals surface area contributed by atoms with E-state index in [-0.39, 0.29) is 5.41 Å². The van der Waals surface area contributed by atoms with Gasteiger partial charge in [0, 0.05) is 4.47 Å². The van der Waals surface area contributed by atoms with E-state index in [0.29, 0.717) is 5.41 Å². The molecule has 0 bridgehead atoms. The summed E-state index contributed by atoms with van der Waals surface area (Å²) < 4.78 is 1.10. The van der Waals surface area contributed by atoms with Gasteiger partial charge in [0.15, 0.2) is 0 Å². The molecular formula is C16H20BrN. The zero-order chi connectivity index (χ0) is 13.2. The van der Waals surface area contributed by atoms with Gasteiger partial charge in [0.25, 0.3) is 0 Å². The number of hydrogen-bond acceptors (Lipinski definition) is 1. The minimum atomic E-state index is -0.136. The van der Waals surface area contributed by atoms with E-state index >= 15 is 0 Å². The maximum Gasteiger partial charge on any atom is 0.0693 e. The molecule has 0 aliphatic heterocycles. The van der Waals surface area contributed by atoms with Gasteiger partial charge >= 0.3 is 0 Å². The summed E-state index contributed by atoms with van der Waals surface area (Å²) in [6, 6.07) is 11.0. The summed E-state index contributed by atoms with van der Waals surface area (Å²) in [5, 5.41) is 9.57. The highest BCUT2D eigenvalue weighted by Gasteiger charge is 2.38. The third-order valence-electron chi connectivity index (χ3n) is 4.25. The fraction of sp³-hybridized carbons (Fsp3) is 0.562. The van der Waals surface area contributed by atoms with Crippen molar-refractivity contribution in [3.05, 3.63) is 34.3 Å². The van der Waals surface area contributed by atoms with Crippen LogP contribution < -0.4 is 0 Å². The van der Waals surface area contributed by atoms with Crippen molar-refractivity contribution in [3.63, 3.8) is 0 Å². The molecule has 0 unspecified atom stereocenters. The van der Waals surface area contributed by atoms with Crippen LogP contribution in [0.15, 0.2) is 28.7 Å². The Labute approximate surface area is 118 Å². The molecule has 0 radical (unpaired) electrons. The van der Waals surface area contributed by atoms with Gasteiger partial charge in [0.1, 0.15) is 0 Å². The summed E-state index contributed by atoms with van der Waals surface area (Å²) in [6.45, 7) is 4.63. The number of halogens is 1. The Hall–Kier alpha value is -0.810. The Morgan fingerprint density at radius 3 is 2.17 bits per heavy atom. The maximum atomic E-state index is 9.57. The fourth-order valence-corrected chi connectivity index (χ4v) is 2.99. The predicted molar refractivity (Wildman–Crippen MR) is 78.1 cm³/mol. The monoisotopic (exact) mass is 305 g/mol. The van der Waals surface area contributed by atoms with Gasteiger partial charge in [-0.1, -0.05) is 41.9 Å². The quantitative estimate of drug-likeness (QED) is 0.745. The van der Waals surface area contributed by atoms with Crippen LogP contribution in [-0.2, 0) is 6.42 Å². The van der Waals surface area contributed by atoms with Gasteiger partial charge in [-0.2, -0.15) is 5.26 Å². The van der Waals surface area contributed by atoms with Crippen molar-refractivity contribution in [1.29, 1.82) is 5.26 Å². The molecule has 0 aromatic heterocycles. The van der Waals surface area contributed by atoms with Crippen molar-refractivity contribution in [1.82, 2.24) is 0 Å². The number of benzene rings is 1. The standard InChI is InChI=1S/C16H20BrN/c1-15(2)7-9-16(12-18,10-8-15)11-13-3-5-14(17)6-4-13/h3-6H,7-11H2,1-2H3. The highest BCUT2D eigenvalue weighted by molar-refractivity contribution is 9.10. The number of rotatable bonds is 2. The van der Waals surface area contributed by atoms with Crippen molar-refractivity contribution in [2.75, 3.05) is 0 Å². The van der Waals surface area contributed by atoms with Gasteiger partial charge in [-0.3, -0.25) is 0 Å². The normalized spacial score (nSPS) is 21.2. The molecule has 96 valence electrons. The molecule has 18 heavy (non-hydrogen) atoms. The van der Waals surface area contributed by atoms with Gasteiger partial charge in [0.05, 0.1) is 11.5 Å². The molecule has 1 fully saturated rings. The lowest BCUT2D eigenvalue weighted by Crippen LogP contribution is -2.31. The lowest BCUT2D eigenvalue weighted by atomic mass is 9.64. The third-order valence-corrected chi connectivity index (χ3v) is 4.78. The van der Waals surface area contributed by atoms with Crippen molar-refractivity contribution in [3.8, 4) is 6.07 Å². The topological polar surface area (TPSA) is 23.8 Å². The highest BCUT2D eigenvalue weighted by Crippen LogP contribution is 2.46. The van der Waals surface area contributed by atoms with E-state index in [2.05, 4.69) is 60.1 Å². The van der Waals surface area contributed by atoms with Crippen LogP contribution in [0.4, 0.5) is 0 Å². The van der Waals surface area contributed by atoms with Crippen LogP contribution in [-0.4, -0.2) is 0 Å². The van der Waals surface area contributed by atoms with Gasteiger partial charge in [-0.25, -0.2) is 0 Å². The summed E-state index contributed by atoms with van der Waals surface area (Å²) in [5.74, 6) is 0. The maximum absolute atomic E-state index is 9.57. The molecule has 2 heteroatoms. The van der Waals surface area contributed by atoms with Crippen LogP contribution in [0.25, 0.3) is 0 Å². The summed E-state index contributed by atoms with van der Waals surface area (Å²) in [6.07, 6.45) is 5.29. The van der Waals surface area contributed by atoms with Gasteiger partial charge in [-0.15, -0.1) is 0 Å². The summed E-state index contributed by atoms with van der Waals surface area (Å²) >= 11 is 3.45. The van der Waals surface area contributed by atoms with Crippen LogP contribution in [0.2, 0.25) is 0 Å². The summed E-state index contributed by atoms with van der Waals surface area (Å²) in [4.78, 5) is 0. The number of nitriles is 1. The summed E-state index contributed by atoms with van der Waals surface area (Å²) in [7, 11) is 0. The molecule has 0 saturated heterocycles. The lowest BCUT2D eigenvalue weighted by Gasteiger charge is -2.39. The van der Waals surface area contributed by atoms with Crippen molar-refractivity contribution >= 4 is 15.9 Å². The Bertz CT molecular complexity index is 443. The molecule has 1 aromatic rings. The largest absolute Gasteiger partial charge is 0.198 e. The molecule has 0 atom stereocenters. The SMILES string of the molecule is CC1(C)CCC(C#N)(Cc2ccc(Br)cc2)CC1. The van der Waals surface area contributed by atoms with E-state index in [1.807, 2.05) is 0 Å². The first kappa shape index (κ1) is 13.6. The molecule has 2 rings (SSSR count). The molecule has 0 N–H and O–H groups in total. The number of nitrogens with zero attached hydrogens (tertiary/aromatic N) is 1. The first-order valence-electron chi connectivity index (χ1n) is 6.61. The average molecular weight is 306 g/mol. The molecular weight excluding hydrogens is 286 g/mol. The first-order valence-corrected chi connectivity index (χ1v) is 7.40. The van der Waals surface area contributed by atoms with E-state index in [4.69, 9.17) is 0 Å². The van der Waals surface area contributed by atoms with Crippen molar-refractivity contribution in [2.24, 2.45) is 10.8 Å². The molecule has 1 saturated carbocycles. The number of hydrogen-bond donors (Lipinski definition) is 0. The zero-order valence-electron chi connectivity index (χ0n) is 11.2. The van der Waals surface area contributed by atoms with Crippen molar-refractivity contribution < 1.29 is 0 Å². The second-order valence-electron chi connectivity index (χ2n) is 6.36. The third kappa shape index (κ3) is 3.14. The molecule has 0 spiro atoms. The Morgan fingerprint density at radius 2 is 1.67 bits per heavy atom. The van der Waals surface area contributed by atoms with Gasteiger partial charge in [-0.05, 0) is 55.2 Å². The van der Waals surface area contributed by atoms with E-state index in [0.717, 1.165) is 36.6 Å². The van der Waals surface area contributed by atoms with Gasteiger partial charge < -0.3 is 0 Å². The van der Waals surface area contributed by atoms with E-state index in [1.54, 1.807) is 0 Å². The van der Waals surface area contributed by atoms with Crippen LogP contribution >= 0.6 is 15.9 Å². The predicted octanol–water partition coefficient (Wildman–Crippen LogP) is 5.10. The van der Waals surface area contributed by atoms with Gasteiger partial charge in [0.2, 0.25) is 0 Å². The Balaban J connectivity index is 2.11. The smallest absolute Gasteiger partial charge is 0.0693 e. The van der Waals surface area contributed by atoms with Crippen LogP contribution in [0.1, 0.15) is 45.1 Å². The zero-order valence-corrected chi connectivity index (χ0v) is 12.8. The second-order valence-corrected chi connectivity index (χ2v) is 7.28. The van der Waals surface area contributed by atoms with E-state index in [1.165, 1.54) is 5.56 Å². The van der Waals surface area contributed by atoms with Crippen molar-refractivity contribution in [2.45, 2.75) is 46.0 Å². The van der Waals surface area contributed by atoms with Crippen LogP contribution in [0.5, 0.6) is 0 Å². The molecule has 0 amide bonds. The molecule has 1 aromatic carbocycles. The second kappa shape index (κ2) is 5.05. The Morgan fingerprint density at radius 1 is 1.11 bits per heavy atom. The molecule has 0 heterocycles. The summed E-state index contributed by atoms with van der Waals surface area (Å²) in [5.41, 5.74) is 1.56. The molecule has 1 nitrogen and oxygen atoms in total. The van der Waals surface area contributed by atoms with E-state index in [9.17, 15) is 5.26 Å². The lowest BCUT2D eigenvalue weighted by molar-refractivity contribution is 0.146. The van der Waals surface area contributed by atoms with Crippen LogP contribution in [0.3, 0.4) is 0 Å². The minimum absolute atomic E-state index is 0.136. The average Bonchev–Trinajstić information content (AvgIpc) is 2.35. The first-order chi connectivity index (χ1) is 8.45. The van der Waals surface area contributed by atoms with Crippen LogP contribution in [0, 0.1) is 22.2 Å².